The van der Waals surface area contributed by atoms with Gasteiger partial charge in [-0.25, -0.2) is 14.6 Å². The fraction of sp³-hybridized carbons (Fsp3) is 0.200. The van der Waals surface area contributed by atoms with Crippen LogP contribution in [0.3, 0.4) is 0 Å². The maximum atomic E-state index is 12.4. The van der Waals surface area contributed by atoms with Crippen molar-refractivity contribution in [3.05, 3.63) is 53.2 Å². The maximum Gasteiger partial charge on any atom is 0.340 e. The molecule has 0 radical (unpaired) electrons. The number of aromatic carboxylic acids is 2. The number of halogens is 3. The topological polar surface area (TPSA) is 126 Å². The quantitative estimate of drug-likeness (QED) is 0.697. The molecule has 4 N–H and O–H groups in total. The first-order chi connectivity index (χ1) is 10.2. The standard InChI is InChI=1S/C6H3F2NO2.C6H5FN2O2.3CH4/c2*7-4-2-1-3(6(10)11)5(8)9-4;;;/h1-2H,(H,10,11);1-2H,(H2,8,9)(H,10,11);3*1H4. The lowest BCUT2D eigenvalue weighted by molar-refractivity contribution is 0.0682. The Morgan fingerprint density at radius 2 is 1.20 bits per heavy atom. The summed E-state index contributed by atoms with van der Waals surface area (Å²) in [5.74, 6) is -6.11. The molecule has 2 heterocycles. The number of aromatic nitrogens is 2. The van der Waals surface area contributed by atoms with Crippen LogP contribution in [0.25, 0.3) is 0 Å². The Kier molecular flexibility index (Phi) is 12.2. The van der Waals surface area contributed by atoms with Gasteiger partial charge in [-0.2, -0.15) is 18.2 Å². The monoisotopic (exact) mass is 363 g/mol. The van der Waals surface area contributed by atoms with Gasteiger partial charge in [0.15, 0.2) is 0 Å². The molecule has 0 saturated heterocycles. The van der Waals surface area contributed by atoms with E-state index in [4.69, 9.17) is 15.9 Å². The first-order valence-corrected chi connectivity index (χ1v) is 5.43. The van der Waals surface area contributed by atoms with Crippen LogP contribution in [0.15, 0.2) is 24.3 Å². The fourth-order valence-electron chi connectivity index (χ4n) is 1.20. The van der Waals surface area contributed by atoms with Gasteiger partial charge in [-0.1, -0.05) is 22.3 Å². The normalized spacial score (nSPS) is 8.44. The molecule has 0 atom stereocenters. The van der Waals surface area contributed by atoms with Gasteiger partial charge < -0.3 is 15.9 Å². The third-order valence-electron chi connectivity index (χ3n) is 2.17. The summed E-state index contributed by atoms with van der Waals surface area (Å²) in [5, 5.41) is 16.7. The Balaban J connectivity index is -0.000000346. The molecule has 7 nitrogen and oxygen atoms in total. The Morgan fingerprint density at radius 3 is 1.56 bits per heavy atom. The number of hydrogen-bond donors (Lipinski definition) is 3. The smallest absolute Gasteiger partial charge is 0.340 e. The SMILES string of the molecule is C.C.C.Nc1nc(F)ccc1C(=O)O.O=C(O)c1ccc(F)nc1F. The highest BCUT2D eigenvalue weighted by Gasteiger charge is 2.11. The minimum absolute atomic E-state index is 0. The first kappa shape index (κ1) is 26.7. The lowest BCUT2D eigenvalue weighted by Gasteiger charge is -1.97. The van der Waals surface area contributed by atoms with E-state index in [9.17, 15) is 22.8 Å². The second kappa shape index (κ2) is 11.4. The summed E-state index contributed by atoms with van der Waals surface area (Å²) in [6.07, 6.45) is 0. The van der Waals surface area contributed by atoms with Gasteiger partial charge in [-0.05, 0) is 24.3 Å². The number of hydrogen-bond acceptors (Lipinski definition) is 5. The highest BCUT2D eigenvalue weighted by atomic mass is 19.1. The average Bonchev–Trinajstić information content (AvgIpc) is 2.38. The second-order valence-corrected chi connectivity index (χ2v) is 3.65. The molecule has 0 spiro atoms. The molecule has 2 aromatic rings. The molecule has 2 aromatic heterocycles. The van der Waals surface area contributed by atoms with Crippen LogP contribution in [-0.4, -0.2) is 32.1 Å². The van der Waals surface area contributed by atoms with Crippen LogP contribution in [0.4, 0.5) is 19.0 Å². The highest BCUT2D eigenvalue weighted by molar-refractivity contribution is 5.92. The van der Waals surface area contributed by atoms with E-state index in [2.05, 4.69) is 9.97 Å². The van der Waals surface area contributed by atoms with Crippen LogP contribution < -0.4 is 5.73 Å². The minimum atomic E-state index is -1.46. The summed E-state index contributed by atoms with van der Waals surface area (Å²) in [6.45, 7) is 0. The van der Waals surface area contributed by atoms with Crippen LogP contribution >= 0.6 is 0 Å². The largest absolute Gasteiger partial charge is 0.478 e. The molecule has 0 fully saturated rings. The van der Waals surface area contributed by atoms with E-state index in [1.54, 1.807) is 0 Å². The van der Waals surface area contributed by atoms with Gasteiger partial charge in [0, 0.05) is 0 Å². The number of rotatable bonds is 2. The van der Waals surface area contributed by atoms with E-state index >= 15 is 0 Å². The first-order valence-electron chi connectivity index (χ1n) is 5.43. The van der Waals surface area contributed by atoms with Gasteiger partial charge in [0.2, 0.25) is 17.8 Å². The van der Waals surface area contributed by atoms with Crippen molar-refractivity contribution in [1.29, 1.82) is 0 Å². The third kappa shape index (κ3) is 7.77. The number of carbonyl (C=O) groups is 2. The molecular formula is C15H20F3N3O4. The van der Waals surface area contributed by atoms with Crippen molar-refractivity contribution in [2.75, 3.05) is 5.73 Å². The van der Waals surface area contributed by atoms with Crippen molar-refractivity contribution in [3.63, 3.8) is 0 Å². The van der Waals surface area contributed by atoms with Crippen molar-refractivity contribution < 1.29 is 33.0 Å². The lowest BCUT2D eigenvalue weighted by Crippen LogP contribution is -2.05. The van der Waals surface area contributed by atoms with Crippen molar-refractivity contribution in [2.45, 2.75) is 22.3 Å². The van der Waals surface area contributed by atoms with Crippen LogP contribution in [0.2, 0.25) is 0 Å². The number of nitrogens with two attached hydrogens (primary N) is 1. The number of carboxylic acids is 2. The molecule has 0 amide bonds. The molecule has 2 rings (SSSR count). The van der Waals surface area contributed by atoms with Gasteiger partial charge >= 0.3 is 11.9 Å². The molecule has 0 aromatic carbocycles. The molecule has 0 unspecified atom stereocenters. The van der Waals surface area contributed by atoms with Crippen LogP contribution in [0, 0.1) is 17.8 Å². The van der Waals surface area contributed by atoms with Crippen molar-refractivity contribution in [3.8, 4) is 0 Å². The maximum absolute atomic E-state index is 12.4. The van der Waals surface area contributed by atoms with E-state index in [1.165, 1.54) is 0 Å². The molecule has 0 bridgehead atoms. The average molecular weight is 363 g/mol. The highest BCUT2D eigenvalue weighted by Crippen LogP contribution is 2.08. The predicted molar refractivity (Wildman–Crippen MR) is 86.9 cm³/mol. The number of anilines is 1. The van der Waals surface area contributed by atoms with Crippen molar-refractivity contribution >= 4 is 17.8 Å². The predicted octanol–water partition coefficient (Wildman–Crippen LogP) is 3.47. The Morgan fingerprint density at radius 1 is 0.800 bits per heavy atom. The van der Waals surface area contributed by atoms with Gasteiger partial charge in [0.25, 0.3) is 0 Å². The van der Waals surface area contributed by atoms with E-state index in [0.717, 1.165) is 24.3 Å². The summed E-state index contributed by atoms with van der Waals surface area (Å²) in [6, 6.07) is 3.62. The summed E-state index contributed by atoms with van der Waals surface area (Å²) in [4.78, 5) is 26.2. The second-order valence-electron chi connectivity index (χ2n) is 3.65. The molecule has 25 heavy (non-hydrogen) atoms. The van der Waals surface area contributed by atoms with Gasteiger partial charge in [-0.15, -0.1) is 0 Å². The Labute approximate surface area is 143 Å². The summed E-state index contributed by atoms with van der Waals surface area (Å²) >= 11 is 0. The number of nitrogens with zero attached hydrogens (tertiary/aromatic N) is 2. The summed E-state index contributed by atoms with van der Waals surface area (Å²) in [5.41, 5.74) is 4.27. The summed E-state index contributed by atoms with van der Waals surface area (Å²) < 4.78 is 36.7. The van der Waals surface area contributed by atoms with E-state index < -0.39 is 35.3 Å². The van der Waals surface area contributed by atoms with Crippen LogP contribution in [0.5, 0.6) is 0 Å². The van der Waals surface area contributed by atoms with Gasteiger partial charge in [0.1, 0.15) is 16.9 Å². The third-order valence-corrected chi connectivity index (χ3v) is 2.17. The lowest BCUT2D eigenvalue weighted by atomic mass is 10.2. The van der Waals surface area contributed by atoms with E-state index in [-0.39, 0.29) is 33.7 Å². The van der Waals surface area contributed by atoms with E-state index in [0.29, 0.717) is 0 Å². The van der Waals surface area contributed by atoms with E-state index in [1.807, 2.05) is 0 Å². The molecule has 0 aliphatic rings. The molecule has 140 valence electrons. The Bertz CT molecular complexity index is 666. The molecule has 0 saturated carbocycles. The van der Waals surface area contributed by atoms with Crippen LogP contribution in [0.1, 0.15) is 43.0 Å². The van der Waals surface area contributed by atoms with Gasteiger partial charge in [0.05, 0.1) is 0 Å². The number of pyridine rings is 2. The zero-order valence-electron chi connectivity index (χ0n) is 10.6. The van der Waals surface area contributed by atoms with Crippen molar-refractivity contribution in [2.24, 2.45) is 0 Å². The van der Waals surface area contributed by atoms with Gasteiger partial charge in [-0.3, -0.25) is 0 Å². The summed E-state index contributed by atoms with van der Waals surface area (Å²) in [7, 11) is 0. The fourth-order valence-corrected chi connectivity index (χ4v) is 1.20. The Hall–Kier alpha value is -3.17. The minimum Gasteiger partial charge on any atom is -0.478 e. The van der Waals surface area contributed by atoms with Crippen molar-refractivity contribution in [1.82, 2.24) is 9.97 Å². The molecule has 10 heteroatoms. The zero-order valence-corrected chi connectivity index (χ0v) is 10.6. The molecule has 0 aliphatic carbocycles. The number of nitrogen functional groups attached to an aromatic ring is 1. The molecular weight excluding hydrogens is 343 g/mol. The zero-order chi connectivity index (χ0) is 16.9. The number of carboxylic acid groups (broad SMARTS) is 2. The molecule has 0 aliphatic heterocycles. The van der Waals surface area contributed by atoms with Crippen LogP contribution in [-0.2, 0) is 0 Å².